The molecule has 4 nitrogen and oxygen atoms in total. The van der Waals surface area contributed by atoms with Crippen LogP contribution in [-0.4, -0.2) is 17.5 Å². The van der Waals surface area contributed by atoms with Crippen molar-refractivity contribution in [1.29, 1.82) is 0 Å². The van der Waals surface area contributed by atoms with Gasteiger partial charge in [-0.05, 0) is 18.4 Å². The van der Waals surface area contributed by atoms with Gasteiger partial charge in [0.15, 0.2) is 0 Å². The van der Waals surface area contributed by atoms with Crippen LogP contribution in [0.5, 0.6) is 0 Å². The van der Waals surface area contributed by atoms with Crippen molar-refractivity contribution in [3.05, 3.63) is 42.0 Å². The minimum atomic E-state index is -5.17. The third-order valence-electron chi connectivity index (χ3n) is 2.83. The van der Waals surface area contributed by atoms with Gasteiger partial charge in [-0.25, -0.2) is 0 Å². The predicted octanol–water partition coefficient (Wildman–Crippen LogP) is -1.88. The van der Waals surface area contributed by atoms with Crippen molar-refractivity contribution in [1.82, 2.24) is 0 Å². The van der Waals surface area contributed by atoms with Gasteiger partial charge in [-0.1, -0.05) is 81.5 Å². The molecule has 0 aliphatic heterocycles. The Morgan fingerprint density at radius 3 is 1.91 bits per heavy atom. The molecule has 1 aromatic carbocycles. The van der Waals surface area contributed by atoms with Gasteiger partial charge >= 0.3 is 59.1 Å². The van der Waals surface area contributed by atoms with E-state index in [1.54, 1.807) is 0 Å². The van der Waals surface area contributed by atoms with Gasteiger partial charge < -0.3 is 9.11 Å². The molecule has 0 amide bonds. The van der Waals surface area contributed by atoms with Crippen LogP contribution < -0.4 is 59.1 Å². The Balaban J connectivity index is -0.000000502. The van der Waals surface area contributed by atoms with E-state index in [0.29, 0.717) is 0 Å². The summed E-state index contributed by atoms with van der Waals surface area (Å²) in [5.41, 5.74) is 1.31. The molecule has 0 saturated heterocycles. The van der Waals surface area contributed by atoms with E-state index in [1.807, 2.05) is 0 Å². The summed E-state index contributed by atoms with van der Waals surface area (Å²) in [6.45, 7) is 2.27. The second kappa shape index (κ2) is 19.2. The monoisotopic (exact) mass is 358 g/mol. The quantitative estimate of drug-likeness (QED) is 0.236. The zero-order valence-corrected chi connectivity index (χ0v) is 19.3. The first kappa shape index (κ1) is 28.6. The van der Waals surface area contributed by atoms with Crippen LogP contribution in [0.1, 0.15) is 57.4 Å². The Morgan fingerprint density at radius 1 is 0.913 bits per heavy atom. The first-order valence-corrected chi connectivity index (χ1v) is 8.65. The summed E-state index contributed by atoms with van der Waals surface area (Å²) in [4.78, 5) is 0. The Bertz CT molecular complexity index is 468. The van der Waals surface area contributed by atoms with Gasteiger partial charge in [0.2, 0.25) is 0 Å². The average molecular weight is 358 g/mol. The Morgan fingerprint density at radius 2 is 1.39 bits per heavy atom. The number of unbranched alkanes of at least 4 members (excludes halogenated alkanes) is 6. The summed E-state index contributed by atoms with van der Waals surface area (Å²) in [6.07, 6.45) is 14.0. The van der Waals surface area contributed by atoms with E-state index in [0.717, 1.165) is 0 Å². The van der Waals surface area contributed by atoms with Gasteiger partial charge in [-0.3, -0.25) is 8.42 Å². The Hall–Kier alpha value is 0.830. The average Bonchev–Trinajstić information content (AvgIpc) is 2.41. The number of allylic oxidation sites excluding steroid dienone is 1. The van der Waals surface area contributed by atoms with E-state index in [2.05, 4.69) is 49.4 Å². The fourth-order valence-corrected chi connectivity index (χ4v) is 1.83. The number of hydrogen-bond acceptors (Lipinski definition) is 4. The summed E-state index contributed by atoms with van der Waals surface area (Å²) >= 11 is 0. The molecule has 120 valence electrons. The number of benzene rings is 1. The third kappa shape index (κ3) is 27.9. The normalized spacial score (nSPS) is 10.2. The van der Waals surface area contributed by atoms with Crippen molar-refractivity contribution in [3.8, 4) is 0 Å². The minimum Gasteiger partial charge on any atom is -0.759 e. The molecule has 0 aromatic heterocycles. The van der Waals surface area contributed by atoms with Crippen LogP contribution in [-0.2, 0) is 10.4 Å². The zero-order chi connectivity index (χ0) is 16.0. The maximum Gasteiger partial charge on any atom is 1.00 e. The van der Waals surface area contributed by atoms with Gasteiger partial charge in [0.25, 0.3) is 0 Å². The molecule has 7 heteroatoms. The van der Waals surface area contributed by atoms with Crippen LogP contribution in [0.15, 0.2) is 36.4 Å². The van der Waals surface area contributed by atoms with Crippen molar-refractivity contribution in [2.75, 3.05) is 0 Å². The third-order valence-corrected chi connectivity index (χ3v) is 2.83. The fourth-order valence-electron chi connectivity index (χ4n) is 1.83. The van der Waals surface area contributed by atoms with Crippen LogP contribution >= 0.6 is 0 Å². The molecule has 0 saturated carbocycles. The number of rotatable bonds is 8. The van der Waals surface area contributed by atoms with E-state index >= 15 is 0 Å². The van der Waals surface area contributed by atoms with Gasteiger partial charge in [0, 0.05) is 10.4 Å². The van der Waals surface area contributed by atoms with Crippen LogP contribution in [0.25, 0.3) is 6.08 Å². The molecule has 0 bridgehead atoms. The maximum absolute atomic E-state index is 8.52. The zero-order valence-electron chi connectivity index (χ0n) is 14.5. The summed E-state index contributed by atoms with van der Waals surface area (Å²) in [5.74, 6) is 0. The molecule has 0 fully saturated rings. The molecule has 0 spiro atoms. The minimum absolute atomic E-state index is 0. The van der Waals surface area contributed by atoms with Crippen LogP contribution in [0.2, 0.25) is 0 Å². The Labute approximate surface area is 185 Å². The molecule has 0 unspecified atom stereocenters. The molecule has 0 atom stereocenters. The van der Waals surface area contributed by atoms with E-state index in [9.17, 15) is 0 Å². The van der Waals surface area contributed by atoms with Crippen molar-refractivity contribution < 1.29 is 76.6 Å². The fraction of sp³-hybridized carbons (Fsp3) is 0.500. The molecule has 1 rings (SSSR count). The number of hydrogen-bond donors (Lipinski definition) is 0. The summed E-state index contributed by atoms with van der Waals surface area (Å²) in [6, 6.07) is 10.5. The largest absolute Gasteiger partial charge is 1.00 e. The van der Waals surface area contributed by atoms with Crippen molar-refractivity contribution >= 4 is 16.5 Å². The predicted molar refractivity (Wildman–Crippen MR) is 83.9 cm³/mol. The SMILES string of the molecule is CCCCCCCCC=Cc1ccccc1.O=S(=O)([O-])[O-].[Na+].[Na+]. The van der Waals surface area contributed by atoms with Crippen LogP contribution in [0.3, 0.4) is 0 Å². The van der Waals surface area contributed by atoms with Gasteiger partial charge in [0.05, 0.1) is 0 Å². The van der Waals surface area contributed by atoms with Gasteiger partial charge in [0.1, 0.15) is 0 Å². The van der Waals surface area contributed by atoms with E-state index in [-0.39, 0.29) is 59.1 Å². The second-order valence-corrected chi connectivity index (χ2v) is 5.59. The topological polar surface area (TPSA) is 80.3 Å². The molecule has 0 aliphatic rings. The molecule has 1 aromatic rings. The summed E-state index contributed by atoms with van der Waals surface area (Å²) < 4.78 is 34.1. The summed E-state index contributed by atoms with van der Waals surface area (Å²) in [5, 5.41) is 0. The van der Waals surface area contributed by atoms with Crippen LogP contribution in [0.4, 0.5) is 0 Å². The molecule has 23 heavy (non-hydrogen) atoms. The van der Waals surface area contributed by atoms with Crippen LogP contribution in [0, 0.1) is 0 Å². The maximum atomic E-state index is 8.52. The van der Waals surface area contributed by atoms with E-state index in [1.165, 1.54) is 50.5 Å². The van der Waals surface area contributed by atoms with Crippen molar-refractivity contribution in [2.24, 2.45) is 0 Å². The summed E-state index contributed by atoms with van der Waals surface area (Å²) in [7, 11) is -5.17. The standard InChI is InChI=1S/C16H24.2Na.H2O4S/c1-2-3-4-5-6-7-8-10-13-16-14-11-9-12-15-16;;;1-5(2,3)4/h9-15H,2-8H2,1H3;;;(H2,1,2,3,4)/q;2*+1;/p-2. The van der Waals surface area contributed by atoms with Gasteiger partial charge in [-0.15, -0.1) is 0 Å². The van der Waals surface area contributed by atoms with E-state index < -0.39 is 10.4 Å². The molecular weight excluding hydrogens is 334 g/mol. The Kier molecular flexibility index (Phi) is 23.8. The molecular formula is C16H24Na2O4S. The molecule has 0 N–H and O–H groups in total. The molecule has 0 radical (unpaired) electrons. The first-order valence-electron chi connectivity index (χ1n) is 7.31. The molecule has 0 aliphatic carbocycles. The van der Waals surface area contributed by atoms with Crippen molar-refractivity contribution in [2.45, 2.75) is 51.9 Å². The van der Waals surface area contributed by atoms with E-state index in [4.69, 9.17) is 17.5 Å². The smallest absolute Gasteiger partial charge is 0.759 e. The van der Waals surface area contributed by atoms with Gasteiger partial charge in [-0.2, -0.15) is 0 Å². The van der Waals surface area contributed by atoms with Crippen molar-refractivity contribution in [3.63, 3.8) is 0 Å². The second-order valence-electron chi connectivity index (χ2n) is 4.78. The molecule has 0 heterocycles. The first-order chi connectivity index (χ1) is 9.93.